The lowest BCUT2D eigenvalue weighted by atomic mass is 10.1. The van der Waals surface area contributed by atoms with Gasteiger partial charge in [-0.25, -0.2) is 9.82 Å². The molecule has 2 rings (SSSR count). The lowest BCUT2D eigenvalue weighted by molar-refractivity contribution is 0.448. The number of hydrogen-bond acceptors (Lipinski definition) is 3. The molecule has 0 spiro atoms. The van der Waals surface area contributed by atoms with E-state index in [1.807, 2.05) is 0 Å². The number of nitrogens with two attached hydrogens (primary N) is 1. The second kappa shape index (κ2) is 5.30. The van der Waals surface area contributed by atoms with E-state index in [1.54, 1.807) is 18.4 Å². The van der Waals surface area contributed by atoms with Crippen LogP contribution in [0.15, 0.2) is 43.9 Å². The van der Waals surface area contributed by atoms with Gasteiger partial charge in [0.2, 0.25) is 0 Å². The third-order valence-corrected chi connectivity index (χ3v) is 3.69. The summed E-state index contributed by atoms with van der Waals surface area (Å²) >= 11 is 6.67. The average Bonchev–Trinajstić information content (AvgIpc) is 2.69. The fraction of sp³-hybridized carbons (Fsp3) is 0.0909. The molecule has 0 aliphatic heterocycles. The molecule has 1 aromatic heterocycles. The van der Waals surface area contributed by atoms with E-state index in [0.717, 1.165) is 10.0 Å². The van der Waals surface area contributed by atoms with Crippen LogP contribution in [0.2, 0.25) is 0 Å². The summed E-state index contributed by atoms with van der Waals surface area (Å²) in [5.41, 5.74) is 3.44. The highest BCUT2D eigenvalue weighted by Gasteiger charge is 2.21. The molecule has 6 heteroatoms. The van der Waals surface area contributed by atoms with E-state index in [4.69, 9.17) is 10.3 Å². The molecule has 0 amide bonds. The lowest BCUT2D eigenvalue weighted by Gasteiger charge is -2.16. The van der Waals surface area contributed by atoms with Gasteiger partial charge in [-0.05, 0) is 39.7 Å². The molecule has 2 aromatic rings. The molecular formula is C11H9Br2FN2O. The van der Waals surface area contributed by atoms with Crippen LogP contribution < -0.4 is 11.3 Å². The summed E-state index contributed by atoms with van der Waals surface area (Å²) in [6.07, 6.45) is 1.56. The summed E-state index contributed by atoms with van der Waals surface area (Å²) in [5.74, 6) is 5.85. The first-order chi connectivity index (χ1) is 8.13. The largest absolute Gasteiger partial charge is 0.466 e. The fourth-order valence-electron chi connectivity index (χ4n) is 1.55. The Morgan fingerprint density at radius 2 is 2.00 bits per heavy atom. The highest BCUT2D eigenvalue weighted by Crippen LogP contribution is 2.33. The normalized spacial score (nSPS) is 12.7. The Labute approximate surface area is 114 Å². The van der Waals surface area contributed by atoms with Crippen molar-refractivity contribution in [2.75, 3.05) is 0 Å². The Hall–Kier alpha value is -0.690. The molecule has 0 saturated carbocycles. The molecule has 1 unspecified atom stereocenters. The van der Waals surface area contributed by atoms with Gasteiger partial charge in [-0.3, -0.25) is 5.84 Å². The van der Waals surface area contributed by atoms with Crippen LogP contribution in [0.25, 0.3) is 0 Å². The van der Waals surface area contributed by atoms with Gasteiger partial charge in [-0.1, -0.05) is 22.0 Å². The third kappa shape index (κ3) is 2.60. The van der Waals surface area contributed by atoms with Gasteiger partial charge in [0.25, 0.3) is 0 Å². The van der Waals surface area contributed by atoms with Gasteiger partial charge in [0.05, 0.1) is 10.7 Å². The summed E-state index contributed by atoms with van der Waals surface area (Å²) in [7, 11) is 0. The molecule has 0 radical (unpaired) electrons. The van der Waals surface area contributed by atoms with Crippen molar-refractivity contribution >= 4 is 31.9 Å². The van der Waals surface area contributed by atoms with Gasteiger partial charge in [-0.2, -0.15) is 0 Å². The monoisotopic (exact) mass is 362 g/mol. The number of hydrazine groups is 1. The molecule has 1 atom stereocenters. The Morgan fingerprint density at radius 1 is 1.24 bits per heavy atom. The molecule has 90 valence electrons. The molecule has 17 heavy (non-hydrogen) atoms. The zero-order valence-corrected chi connectivity index (χ0v) is 11.8. The Balaban J connectivity index is 2.46. The first-order valence-corrected chi connectivity index (χ1v) is 6.36. The minimum absolute atomic E-state index is 0.310. The van der Waals surface area contributed by atoms with E-state index < -0.39 is 0 Å². The molecule has 0 aliphatic rings. The van der Waals surface area contributed by atoms with Crippen molar-refractivity contribution in [3.63, 3.8) is 0 Å². The molecule has 1 aromatic carbocycles. The van der Waals surface area contributed by atoms with Crippen LogP contribution in [-0.4, -0.2) is 0 Å². The molecular weight excluding hydrogens is 355 g/mol. The smallest absolute Gasteiger partial charge is 0.140 e. The zero-order chi connectivity index (χ0) is 12.4. The van der Waals surface area contributed by atoms with E-state index in [1.165, 1.54) is 12.1 Å². The molecule has 1 heterocycles. The molecule has 0 aliphatic carbocycles. The number of nitrogens with one attached hydrogen (secondary N) is 1. The van der Waals surface area contributed by atoms with Crippen LogP contribution in [0, 0.1) is 5.82 Å². The topological polar surface area (TPSA) is 51.2 Å². The van der Waals surface area contributed by atoms with Crippen molar-refractivity contribution in [1.82, 2.24) is 5.43 Å². The second-order valence-electron chi connectivity index (χ2n) is 3.40. The molecule has 0 bridgehead atoms. The van der Waals surface area contributed by atoms with Crippen molar-refractivity contribution in [1.29, 1.82) is 0 Å². The van der Waals surface area contributed by atoms with E-state index in [-0.39, 0.29) is 11.9 Å². The van der Waals surface area contributed by atoms with Crippen molar-refractivity contribution in [3.05, 3.63) is 56.6 Å². The predicted octanol–water partition coefficient (Wildman–Crippen LogP) is 3.50. The SMILES string of the molecule is NNC(c1ccc(F)cc1Br)c1occc1Br. The van der Waals surface area contributed by atoms with E-state index in [0.29, 0.717) is 10.2 Å². The maximum atomic E-state index is 13.0. The summed E-state index contributed by atoms with van der Waals surface area (Å²) in [6.45, 7) is 0. The van der Waals surface area contributed by atoms with Crippen LogP contribution >= 0.6 is 31.9 Å². The van der Waals surface area contributed by atoms with Crippen molar-refractivity contribution in [2.24, 2.45) is 5.84 Å². The van der Waals surface area contributed by atoms with Crippen molar-refractivity contribution in [2.45, 2.75) is 6.04 Å². The highest BCUT2D eigenvalue weighted by atomic mass is 79.9. The van der Waals surface area contributed by atoms with E-state index >= 15 is 0 Å². The van der Waals surface area contributed by atoms with Gasteiger partial charge < -0.3 is 4.42 Å². The quantitative estimate of drug-likeness (QED) is 0.648. The van der Waals surface area contributed by atoms with Crippen molar-refractivity contribution < 1.29 is 8.81 Å². The lowest BCUT2D eigenvalue weighted by Crippen LogP contribution is -2.29. The van der Waals surface area contributed by atoms with Crippen LogP contribution in [0.3, 0.4) is 0 Å². The summed E-state index contributed by atoms with van der Waals surface area (Å²) in [4.78, 5) is 0. The highest BCUT2D eigenvalue weighted by molar-refractivity contribution is 9.10. The summed E-state index contributed by atoms with van der Waals surface area (Å²) in [5, 5.41) is 0. The third-order valence-electron chi connectivity index (χ3n) is 2.35. The Bertz CT molecular complexity index is 530. The molecule has 3 N–H and O–H groups in total. The van der Waals surface area contributed by atoms with Crippen LogP contribution in [-0.2, 0) is 0 Å². The van der Waals surface area contributed by atoms with Crippen LogP contribution in [0.5, 0.6) is 0 Å². The molecule has 3 nitrogen and oxygen atoms in total. The van der Waals surface area contributed by atoms with Crippen molar-refractivity contribution in [3.8, 4) is 0 Å². The van der Waals surface area contributed by atoms with Gasteiger partial charge in [0.1, 0.15) is 17.6 Å². The first kappa shape index (κ1) is 12.8. The predicted molar refractivity (Wildman–Crippen MR) is 69.7 cm³/mol. The number of rotatable bonds is 3. The van der Waals surface area contributed by atoms with Gasteiger partial charge in [0.15, 0.2) is 0 Å². The fourth-order valence-corrected chi connectivity index (χ4v) is 2.56. The number of benzene rings is 1. The summed E-state index contributed by atoms with van der Waals surface area (Å²) in [6, 6.07) is 5.84. The number of furan rings is 1. The van der Waals surface area contributed by atoms with E-state index in [9.17, 15) is 4.39 Å². The standard InChI is InChI=1S/C11H9Br2FN2O/c12-8-3-4-17-11(8)10(16-15)7-2-1-6(14)5-9(7)13/h1-5,10,16H,15H2. The van der Waals surface area contributed by atoms with Crippen LogP contribution in [0.1, 0.15) is 17.4 Å². The number of hydrogen-bond donors (Lipinski definition) is 2. The van der Waals surface area contributed by atoms with Gasteiger partial charge >= 0.3 is 0 Å². The minimum atomic E-state index is -0.352. The zero-order valence-electron chi connectivity index (χ0n) is 8.58. The maximum Gasteiger partial charge on any atom is 0.140 e. The summed E-state index contributed by atoms with van der Waals surface area (Å²) < 4.78 is 19.8. The minimum Gasteiger partial charge on any atom is -0.466 e. The maximum absolute atomic E-state index is 13.0. The van der Waals surface area contributed by atoms with E-state index in [2.05, 4.69) is 37.3 Å². The van der Waals surface area contributed by atoms with Gasteiger partial charge in [-0.15, -0.1) is 0 Å². The molecule has 0 fully saturated rings. The Morgan fingerprint density at radius 3 is 2.53 bits per heavy atom. The number of halogens is 3. The van der Waals surface area contributed by atoms with Crippen LogP contribution in [0.4, 0.5) is 4.39 Å². The van der Waals surface area contributed by atoms with Gasteiger partial charge in [0, 0.05) is 4.47 Å². The molecule has 0 saturated heterocycles. The Kier molecular flexibility index (Phi) is 3.98. The first-order valence-electron chi connectivity index (χ1n) is 4.77. The average molecular weight is 364 g/mol. The second-order valence-corrected chi connectivity index (χ2v) is 5.11.